The predicted octanol–water partition coefficient (Wildman–Crippen LogP) is 3.34. The zero-order chi connectivity index (χ0) is 15.1. The van der Waals surface area contributed by atoms with Crippen LogP contribution in [-0.4, -0.2) is 17.1 Å². The number of benzene rings is 2. The summed E-state index contributed by atoms with van der Waals surface area (Å²) in [6.45, 7) is 0. The number of H-pyrrole nitrogens is 1. The Morgan fingerprint density at radius 3 is 2.82 bits per heavy atom. The van der Waals surface area contributed by atoms with E-state index < -0.39 is 0 Å². The van der Waals surface area contributed by atoms with E-state index in [1.165, 1.54) is 0 Å². The summed E-state index contributed by atoms with van der Waals surface area (Å²) in [4.78, 5) is 19.5. The number of methoxy groups -OCH3 is 1. The van der Waals surface area contributed by atoms with Gasteiger partial charge in [-0.15, -0.1) is 0 Å². The van der Waals surface area contributed by atoms with Crippen LogP contribution in [0, 0.1) is 0 Å². The van der Waals surface area contributed by atoms with Crippen LogP contribution in [0.2, 0.25) is 0 Å². The number of aromatic nitrogens is 2. The number of fused-ring (bicyclic) bond motifs is 2. The van der Waals surface area contributed by atoms with Gasteiger partial charge in [-0.1, -0.05) is 24.3 Å². The van der Waals surface area contributed by atoms with Gasteiger partial charge in [0.15, 0.2) is 11.6 Å². The normalized spacial score (nSPS) is 11.1. The zero-order valence-corrected chi connectivity index (χ0v) is 11.8. The van der Waals surface area contributed by atoms with E-state index in [9.17, 15) is 4.79 Å². The molecule has 0 saturated carbocycles. The molecule has 5 nitrogen and oxygen atoms in total. The smallest absolute Gasteiger partial charge is 0.259 e. The van der Waals surface area contributed by atoms with Crippen LogP contribution >= 0.6 is 0 Å². The Morgan fingerprint density at radius 1 is 1.14 bits per heavy atom. The van der Waals surface area contributed by atoms with E-state index in [1.807, 2.05) is 30.3 Å². The topological polar surface area (TPSA) is 68.1 Å². The number of rotatable bonds is 2. The highest BCUT2D eigenvalue weighted by molar-refractivity contribution is 5.86. The predicted molar refractivity (Wildman–Crippen MR) is 84.1 cm³/mol. The van der Waals surface area contributed by atoms with Gasteiger partial charge in [-0.25, -0.2) is 4.98 Å². The summed E-state index contributed by atoms with van der Waals surface area (Å²) >= 11 is 0. The lowest BCUT2D eigenvalue weighted by Gasteiger charge is -2.05. The molecule has 5 heteroatoms. The SMILES string of the molecule is COc1cccc2c(=O)[nH]c(-c3cc4ccccc4o3)nc12. The number of hydrogen-bond donors (Lipinski definition) is 1. The number of ether oxygens (including phenoxy) is 1. The molecule has 0 radical (unpaired) electrons. The van der Waals surface area contributed by atoms with E-state index in [0.29, 0.717) is 28.2 Å². The van der Waals surface area contributed by atoms with Crippen molar-refractivity contribution in [1.29, 1.82) is 0 Å². The summed E-state index contributed by atoms with van der Waals surface area (Å²) in [6.07, 6.45) is 0. The number of furan rings is 1. The standard InChI is InChI=1S/C17H12N2O3/c1-21-13-8-4-6-11-15(13)18-16(19-17(11)20)14-9-10-5-2-3-7-12(10)22-14/h2-9H,1H3,(H,18,19,20). The van der Waals surface area contributed by atoms with Crippen LogP contribution in [-0.2, 0) is 0 Å². The van der Waals surface area contributed by atoms with Crippen molar-refractivity contribution in [2.75, 3.05) is 7.11 Å². The molecule has 0 aliphatic rings. The first-order chi connectivity index (χ1) is 10.8. The van der Waals surface area contributed by atoms with E-state index >= 15 is 0 Å². The number of nitrogens with one attached hydrogen (secondary N) is 1. The van der Waals surface area contributed by atoms with Gasteiger partial charge in [0.1, 0.15) is 16.8 Å². The fourth-order valence-corrected chi connectivity index (χ4v) is 2.52. The molecule has 0 spiro atoms. The maximum atomic E-state index is 12.3. The van der Waals surface area contributed by atoms with Crippen molar-refractivity contribution in [3.8, 4) is 17.3 Å². The molecule has 0 aliphatic heterocycles. The summed E-state index contributed by atoms with van der Waals surface area (Å²) in [6, 6.07) is 14.8. The molecular weight excluding hydrogens is 280 g/mol. The van der Waals surface area contributed by atoms with Crippen LogP contribution < -0.4 is 10.3 Å². The molecule has 0 amide bonds. The van der Waals surface area contributed by atoms with Crippen molar-refractivity contribution in [2.24, 2.45) is 0 Å². The second kappa shape index (κ2) is 4.73. The maximum Gasteiger partial charge on any atom is 0.259 e. The highest BCUT2D eigenvalue weighted by Gasteiger charge is 2.13. The van der Waals surface area contributed by atoms with Gasteiger partial charge in [-0.3, -0.25) is 4.79 Å². The van der Waals surface area contributed by atoms with Crippen molar-refractivity contribution in [1.82, 2.24) is 9.97 Å². The Morgan fingerprint density at radius 2 is 2.00 bits per heavy atom. The van der Waals surface area contributed by atoms with E-state index in [1.54, 1.807) is 25.3 Å². The Hall–Kier alpha value is -3.08. The third kappa shape index (κ3) is 1.87. The van der Waals surface area contributed by atoms with E-state index in [0.717, 1.165) is 11.0 Å². The van der Waals surface area contributed by atoms with Crippen molar-refractivity contribution in [3.63, 3.8) is 0 Å². The fourth-order valence-electron chi connectivity index (χ4n) is 2.52. The van der Waals surface area contributed by atoms with Crippen LogP contribution in [0.5, 0.6) is 5.75 Å². The lowest BCUT2D eigenvalue weighted by atomic mass is 10.2. The number of hydrogen-bond acceptors (Lipinski definition) is 4. The molecule has 1 N–H and O–H groups in total. The number of para-hydroxylation sites is 2. The minimum absolute atomic E-state index is 0.223. The van der Waals surface area contributed by atoms with Gasteiger partial charge < -0.3 is 14.1 Å². The van der Waals surface area contributed by atoms with Gasteiger partial charge in [0.25, 0.3) is 5.56 Å². The zero-order valence-electron chi connectivity index (χ0n) is 11.8. The quantitative estimate of drug-likeness (QED) is 0.615. The van der Waals surface area contributed by atoms with Crippen LogP contribution in [0.3, 0.4) is 0 Å². The minimum Gasteiger partial charge on any atom is -0.494 e. The molecule has 108 valence electrons. The largest absolute Gasteiger partial charge is 0.494 e. The molecule has 0 unspecified atom stereocenters. The highest BCUT2D eigenvalue weighted by atomic mass is 16.5. The van der Waals surface area contributed by atoms with Gasteiger partial charge in [0.05, 0.1) is 12.5 Å². The Balaban J connectivity index is 2.00. The average molecular weight is 292 g/mol. The first kappa shape index (κ1) is 12.6. The second-order valence-electron chi connectivity index (χ2n) is 4.92. The molecule has 22 heavy (non-hydrogen) atoms. The molecule has 2 aromatic carbocycles. The summed E-state index contributed by atoms with van der Waals surface area (Å²) in [5, 5.41) is 1.44. The molecule has 4 aromatic rings. The first-order valence-corrected chi connectivity index (χ1v) is 6.82. The Kier molecular flexibility index (Phi) is 2.72. The van der Waals surface area contributed by atoms with Crippen LogP contribution in [0.25, 0.3) is 33.5 Å². The highest BCUT2D eigenvalue weighted by Crippen LogP contribution is 2.27. The molecule has 2 heterocycles. The second-order valence-corrected chi connectivity index (χ2v) is 4.92. The molecule has 0 atom stereocenters. The monoisotopic (exact) mass is 292 g/mol. The van der Waals surface area contributed by atoms with Crippen molar-refractivity contribution < 1.29 is 9.15 Å². The number of nitrogens with zero attached hydrogens (tertiary/aromatic N) is 1. The molecular formula is C17H12N2O3. The van der Waals surface area contributed by atoms with E-state index in [2.05, 4.69) is 9.97 Å². The molecule has 0 bridgehead atoms. The van der Waals surface area contributed by atoms with Gasteiger partial charge in [0, 0.05) is 5.39 Å². The first-order valence-electron chi connectivity index (χ1n) is 6.82. The minimum atomic E-state index is -0.223. The molecule has 0 saturated heterocycles. The van der Waals surface area contributed by atoms with Gasteiger partial charge >= 0.3 is 0 Å². The summed E-state index contributed by atoms with van der Waals surface area (Å²) < 4.78 is 11.0. The number of aromatic amines is 1. The van der Waals surface area contributed by atoms with Gasteiger partial charge in [-0.05, 0) is 24.3 Å². The maximum absolute atomic E-state index is 12.3. The van der Waals surface area contributed by atoms with Gasteiger partial charge in [0.2, 0.25) is 0 Å². The average Bonchev–Trinajstić information content (AvgIpc) is 2.98. The van der Waals surface area contributed by atoms with Crippen LogP contribution in [0.4, 0.5) is 0 Å². The summed E-state index contributed by atoms with van der Waals surface area (Å²) in [7, 11) is 1.55. The van der Waals surface area contributed by atoms with Crippen LogP contribution in [0.1, 0.15) is 0 Å². The lowest BCUT2D eigenvalue weighted by Crippen LogP contribution is -2.09. The fraction of sp³-hybridized carbons (Fsp3) is 0.0588. The lowest BCUT2D eigenvalue weighted by molar-refractivity contribution is 0.419. The van der Waals surface area contributed by atoms with Gasteiger partial charge in [-0.2, -0.15) is 0 Å². The van der Waals surface area contributed by atoms with E-state index in [4.69, 9.17) is 9.15 Å². The molecule has 2 aromatic heterocycles. The third-order valence-corrected chi connectivity index (χ3v) is 3.58. The van der Waals surface area contributed by atoms with Crippen molar-refractivity contribution >= 4 is 21.9 Å². The summed E-state index contributed by atoms with van der Waals surface area (Å²) in [5.74, 6) is 1.46. The Labute approximate surface area is 125 Å². The van der Waals surface area contributed by atoms with Crippen molar-refractivity contribution in [2.45, 2.75) is 0 Å². The molecule has 0 fully saturated rings. The third-order valence-electron chi connectivity index (χ3n) is 3.58. The molecule has 4 rings (SSSR count). The summed E-state index contributed by atoms with van der Waals surface area (Å²) in [5.41, 5.74) is 1.05. The Bertz CT molecular complexity index is 1010. The van der Waals surface area contributed by atoms with Crippen molar-refractivity contribution in [3.05, 3.63) is 58.9 Å². The van der Waals surface area contributed by atoms with E-state index in [-0.39, 0.29) is 5.56 Å². The molecule has 0 aliphatic carbocycles. The van der Waals surface area contributed by atoms with Crippen LogP contribution in [0.15, 0.2) is 57.7 Å².